The summed E-state index contributed by atoms with van der Waals surface area (Å²) in [5, 5.41) is 11.8. The fourth-order valence-corrected chi connectivity index (χ4v) is 2.57. The predicted octanol–water partition coefficient (Wildman–Crippen LogP) is -0.312. The molecule has 2 N–H and O–H groups in total. The van der Waals surface area contributed by atoms with Gasteiger partial charge in [-0.05, 0) is 26.3 Å². The molecule has 1 amide bonds. The first-order valence-corrected chi connectivity index (χ1v) is 6.35. The Morgan fingerprint density at radius 1 is 1.50 bits per heavy atom. The van der Waals surface area contributed by atoms with Crippen LogP contribution in [0.15, 0.2) is 0 Å². The van der Waals surface area contributed by atoms with Crippen molar-refractivity contribution in [2.45, 2.75) is 25.4 Å². The van der Waals surface area contributed by atoms with Crippen LogP contribution < -0.4 is 5.32 Å². The second kappa shape index (κ2) is 5.24. The van der Waals surface area contributed by atoms with Crippen LogP contribution in [0.1, 0.15) is 19.8 Å². The van der Waals surface area contributed by atoms with Gasteiger partial charge in [-0.1, -0.05) is 0 Å². The van der Waals surface area contributed by atoms with Gasteiger partial charge in [0.15, 0.2) is 0 Å². The third kappa shape index (κ3) is 3.00. The van der Waals surface area contributed by atoms with Gasteiger partial charge in [-0.15, -0.1) is 0 Å². The lowest BCUT2D eigenvalue weighted by atomic mass is 9.91. The van der Waals surface area contributed by atoms with E-state index in [9.17, 15) is 9.59 Å². The van der Waals surface area contributed by atoms with E-state index in [1.54, 1.807) is 4.90 Å². The van der Waals surface area contributed by atoms with E-state index >= 15 is 0 Å². The van der Waals surface area contributed by atoms with E-state index in [0.29, 0.717) is 13.1 Å². The summed E-state index contributed by atoms with van der Waals surface area (Å²) in [7, 11) is 0. The van der Waals surface area contributed by atoms with Gasteiger partial charge >= 0.3 is 5.97 Å². The molecule has 0 saturated carbocycles. The number of carbonyl (C=O) groups is 2. The molecule has 2 saturated heterocycles. The Balaban J connectivity index is 1.77. The Kier molecular flexibility index (Phi) is 3.87. The van der Waals surface area contributed by atoms with Crippen LogP contribution in [-0.2, 0) is 14.3 Å². The maximum absolute atomic E-state index is 12.1. The number of hydrogen-bond acceptors (Lipinski definition) is 4. The average molecular weight is 256 g/mol. The molecule has 0 aromatic heterocycles. The van der Waals surface area contributed by atoms with E-state index < -0.39 is 11.6 Å². The second-order valence-electron chi connectivity index (χ2n) is 5.37. The largest absolute Gasteiger partial charge is 0.480 e. The molecule has 0 aromatic rings. The quantitative estimate of drug-likeness (QED) is 0.721. The molecule has 0 aromatic carbocycles. The van der Waals surface area contributed by atoms with Crippen molar-refractivity contribution in [1.82, 2.24) is 10.2 Å². The fraction of sp³-hybridized carbons (Fsp3) is 0.833. The van der Waals surface area contributed by atoms with Crippen molar-refractivity contribution >= 4 is 11.9 Å². The van der Waals surface area contributed by atoms with Gasteiger partial charge in [0.05, 0.1) is 19.0 Å². The molecule has 2 aliphatic heterocycles. The van der Waals surface area contributed by atoms with Crippen LogP contribution in [-0.4, -0.2) is 60.3 Å². The summed E-state index contributed by atoms with van der Waals surface area (Å²) < 4.78 is 5.29. The zero-order chi connectivity index (χ0) is 13.2. The standard InChI is InChI=1S/C12H20N2O4/c1-12(18-6-10(15)16)7-14(8-12)11(17)9-3-2-4-13-5-9/h9,13H,2-8H2,1H3,(H,15,16)/t9-/m1/s1. The maximum Gasteiger partial charge on any atom is 0.329 e. The number of likely N-dealkylation sites (tertiary alicyclic amines) is 1. The summed E-state index contributed by atoms with van der Waals surface area (Å²) in [6.07, 6.45) is 1.98. The molecule has 6 nitrogen and oxygen atoms in total. The number of rotatable bonds is 4. The second-order valence-corrected chi connectivity index (χ2v) is 5.37. The minimum atomic E-state index is -0.975. The monoisotopic (exact) mass is 256 g/mol. The SMILES string of the molecule is CC1(OCC(=O)O)CN(C(=O)[C@@H]2CCCNC2)C1. The minimum absolute atomic E-state index is 0.0720. The molecular weight excluding hydrogens is 236 g/mol. The van der Waals surface area contributed by atoms with E-state index in [-0.39, 0.29) is 18.4 Å². The predicted molar refractivity (Wildman–Crippen MR) is 64.2 cm³/mol. The molecule has 6 heteroatoms. The van der Waals surface area contributed by atoms with E-state index in [1.165, 1.54) is 0 Å². The van der Waals surface area contributed by atoms with Crippen LogP contribution in [0, 0.1) is 5.92 Å². The van der Waals surface area contributed by atoms with E-state index in [2.05, 4.69) is 5.32 Å². The van der Waals surface area contributed by atoms with Gasteiger partial charge in [-0.25, -0.2) is 4.79 Å². The molecule has 0 radical (unpaired) electrons. The summed E-state index contributed by atoms with van der Waals surface area (Å²) in [6, 6.07) is 0. The molecule has 0 spiro atoms. The van der Waals surface area contributed by atoms with E-state index in [4.69, 9.17) is 9.84 Å². The van der Waals surface area contributed by atoms with Gasteiger partial charge in [0, 0.05) is 6.54 Å². The van der Waals surface area contributed by atoms with Crippen molar-refractivity contribution in [1.29, 1.82) is 0 Å². The van der Waals surface area contributed by atoms with Crippen LogP contribution >= 0.6 is 0 Å². The zero-order valence-corrected chi connectivity index (χ0v) is 10.6. The Morgan fingerprint density at radius 2 is 2.22 bits per heavy atom. The minimum Gasteiger partial charge on any atom is -0.480 e. The number of carbonyl (C=O) groups excluding carboxylic acids is 1. The van der Waals surface area contributed by atoms with Gasteiger partial charge in [0.2, 0.25) is 5.91 Å². The molecule has 0 unspecified atom stereocenters. The van der Waals surface area contributed by atoms with Crippen molar-refractivity contribution in [2.75, 3.05) is 32.8 Å². The van der Waals surface area contributed by atoms with Crippen LogP contribution in [0.3, 0.4) is 0 Å². The number of piperidine rings is 1. The highest BCUT2D eigenvalue weighted by atomic mass is 16.5. The normalized spacial score (nSPS) is 26.5. The number of hydrogen-bond donors (Lipinski definition) is 2. The fourth-order valence-electron chi connectivity index (χ4n) is 2.57. The van der Waals surface area contributed by atoms with Crippen molar-refractivity contribution < 1.29 is 19.4 Å². The Bertz CT molecular complexity index is 333. The summed E-state index contributed by atoms with van der Waals surface area (Å²) in [5.41, 5.74) is -0.490. The van der Waals surface area contributed by atoms with Crippen molar-refractivity contribution in [3.63, 3.8) is 0 Å². The first-order chi connectivity index (χ1) is 8.50. The zero-order valence-electron chi connectivity index (χ0n) is 10.6. The molecular formula is C12H20N2O4. The summed E-state index contributed by atoms with van der Waals surface area (Å²) in [4.78, 5) is 24.3. The highest BCUT2D eigenvalue weighted by molar-refractivity contribution is 5.80. The third-order valence-corrected chi connectivity index (χ3v) is 3.55. The van der Waals surface area contributed by atoms with Crippen molar-refractivity contribution in [3.8, 4) is 0 Å². The molecule has 18 heavy (non-hydrogen) atoms. The van der Waals surface area contributed by atoms with Crippen LogP contribution in [0.25, 0.3) is 0 Å². The Morgan fingerprint density at radius 3 is 2.78 bits per heavy atom. The molecule has 2 aliphatic rings. The maximum atomic E-state index is 12.1. The van der Waals surface area contributed by atoms with Gasteiger partial charge in [-0.2, -0.15) is 0 Å². The molecule has 2 fully saturated rings. The third-order valence-electron chi connectivity index (χ3n) is 3.55. The van der Waals surface area contributed by atoms with E-state index in [0.717, 1.165) is 25.9 Å². The molecule has 102 valence electrons. The Labute approximate surface area is 106 Å². The molecule has 0 aliphatic carbocycles. The number of nitrogens with one attached hydrogen (secondary N) is 1. The first-order valence-electron chi connectivity index (χ1n) is 6.35. The lowest BCUT2D eigenvalue weighted by Crippen LogP contribution is -2.65. The molecule has 2 heterocycles. The van der Waals surface area contributed by atoms with Gasteiger partial charge in [0.25, 0.3) is 0 Å². The number of carboxylic acid groups (broad SMARTS) is 1. The topological polar surface area (TPSA) is 78.9 Å². The van der Waals surface area contributed by atoms with E-state index in [1.807, 2.05) is 6.92 Å². The molecule has 0 bridgehead atoms. The van der Waals surface area contributed by atoms with Crippen molar-refractivity contribution in [2.24, 2.45) is 5.92 Å². The molecule has 1 atom stereocenters. The Hall–Kier alpha value is -1.14. The van der Waals surface area contributed by atoms with Crippen LogP contribution in [0.5, 0.6) is 0 Å². The number of amides is 1. The lowest BCUT2D eigenvalue weighted by Gasteiger charge is -2.48. The highest BCUT2D eigenvalue weighted by Gasteiger charge is 2.44. The summed E-state index contributed by atoms with van der Waals surface area (Å²) in [6.45, 7) is 4.28. The molecule has 2 rings (SSSR count). The van der Waals surface area contributed by atoms with Crippen molar-refractivity contribution in [3.05, 3.63) is 0 Å². The first kappa shape index (κ1) is 13.3. The summed E-state index contributed by atoms with van der Waals surface area (Å²) in [5.74, 6) is -0.737. The lowest BCUT2D eigenvalue weighted by molar-refractivity contribution is -0.175. The smallest absolute Gasteiger partial charge is 0.329 e. The van der Waals surface area contributed by atoms with Gasteiger partial charge < -0.3 is 20.1 Å². The number of carboxylic acids is 1. The number of ether oxygens (including phenoxy) is 1. The number of aliphatic carboxylic acids is 1. The van der Waals surface area contributed by atoms with Gasteiger partial charge in [-0.3, -0.25) is 4.79 Å². The number of nitrogens with zero attached hydrogens (tertiary/aromatic N) is 1. The summed E-state index contributed by atoms with van der Waals surface area (Å²) >= 11 is 0. The van der Waals surface area contributed by atoms with Crippen LogP contribution in [0.4, 0.5) is 0 Å². The van der Waals surface area contributed by atoms with Crippen LogP contribution in [0.2, 0.25) is 0 Å². The highest BCUT2D eigenvalue weighted by Crippen LogP contribution is 2.27. The van der Waals surface area contributed by atoms with Gasteiger partial charge in [0.1, 0.15) is 12.2 Å². The average Bonchev–Trinajstić information content (AvgIpc) is 2.33.